The first kappa shape index (κ1) is 21.4. The second-order valence-corrected chi connectivity index (χ2v) is 8.48. The average Bonchev–Trinajstić information content (AvgIpc) is 3.22. The first-order valence-electron chi connectivity index (χ1n) is 11.7. The van der Waals surface area contributed by atoms with E-state index in [0.29, 0.717) is 12.5 Å². The highest BCUT2D eigenvalue weighted by Gasteiger charge is 2.23. The van der Waals surface area contributed by atoms with Crippen LogP contribution in [-0.2, 0) is 0 Å². The number of H-pyrrole nitrogens is 1. The number of unbranched alkanes of at least 4 members (excludes halogenated alkanes) is 1. The molecule has 164 valence electrons. The number of rotatable bonds is 7. The number of carbonyl (C=O) groups excluding carboxylic acids is 1. The van der Waals surface area contributed by atoms with Crippen molar-refractivity contribution < 1.29 is 4.79 Å². The zero-order valence-electron chi connectivity index (χ0n) is 18.7. The zero-order chi connectivity index (χ0) is 21.6. The topological polar surface area (TPSA) is 51.4 Å². The van der Waals surface area contributed by atoms with Gasteiger partial charge in [0.05, 0.1) is 0 Å². The van der Waals surface area contributed by atoms with Crippen LogP contribution in [0.15, 0.2) is 54.7 Å². The molecule has 1 aliphatic heterocycles. The Kier molecular flexibility index (Phi) is 6.92. The Morgan fingerprint density at radius 3 is 2.61 bits per heavy atom. The molecule has 2 heterocycles. The lowest BCUT2D eigenvalue weighted by Gasteiger charge is -2.31. The third-order valence-corrected chi connectivity index (χ3v) is 6.45. The van der Waals surface area contributed by atoms with Crippen LogP contribution in [0.3, 0.4) is 0 Å². The van der Waals surface area contributed by atoms with E-state index >= 15 is 0 Å². The van der Waals surface area contributed by atoms with Gasteiger partial charge >= 0.3 is 6.03 Å². The first-order chi connectivity index (χ1) is 15.2. The third-order valence-electron chi connectivity index (χ3n) is 6.45. The van der Waals surface area contributed by atoms with Crippen LogP contribution < -0.4 is 10.2 Å². The number of hydrogen-bond acceptors (Lipinski definition) is 2. The van der Waals surface area contributed by atoms with E-state index in [1.807, 2.05) is 43.3 Å². The number of nitrogens with zero attached hydrogens (tertiary/aromatic N) is 2. The molecule has 0 bridgehead atoms. The molecule has 4 rings (SSSR count). The minimum atomic E-state index is -0.102. The monoisotopic (exact) mass is 418 g/mol. The quantitative estimate of drug-likeness (QED) is 0.479. The molecule has 1 aliphatic rings. The molecule has 0 radical (unpaired) electrons. The largest absolute Gasteiger partial charge is 0.361 e. The van der Waals surface area contributed by atoms with Crippen LogP contribution in [0, 0.1) is 0 Å². The minimum Gasteiger partial charge on any atom is -0.361 e. The van der Waals surface area contributed by atoms with Gasteiger partial charge in [0.2, 0.25) is 0 Å². The van der Waals surface area contributed by atoms with Gasteiger partial charge in [-0.3, -0.25) is 4.90 Å². The number of likely N-dealkylation sites (tertiary alicyclic amines) is 1. The lowest BCUT2D eigenvalue weighted by molar-refractivity contribution is 0.210. The van der Waals surface area contributed by atoms with Gasteiger partial charge < -0.3 is 15.2 Å². The predicted molar refractivity (Wildman–Crippen MR) is 130 cm³/mol. The summed E-state index contributed by atoms with van der Waals surface area (Å²) >= 11 is 0. The zero-order valence-corrected chi connectivity index (χ0v) is 18.7. The molecule has 5 heteroatoms. The average molecular weight is 419 g/mol. The smallest absolute Gasteiger partial charge is 0.326 e. The molecule has 31 heavy (non-hydrogen) atoms. The van der Waals surface area contributed by atoms with Crippen molar-refractivity contribution in [2.45, 2.75) is 45.4 Å². The molecule has 2 aromatic carbocycles. The van der Waals surface area contributed by atoms with Crippen molar-refractivity contribution in [1.29, 1.82) is 0 Å². The minimum absolute atomic E-state index is 0.102. The molecule has 0 unspecified atom stereocenters. The van der Waals surface area contributed by atoms with E-state index in [2.05, 4.69) is 40.5 Å². The number of fused-ring (bicyclic) bond motifs is 1. The third kappa shape index (κ3) is 4.93. The van der Waals surface area contributed by atoms with E-state index in [0.717, 1.165) is 16.9 Å². The van der Waals surface area contributed by atoms with Crippen molar-refractivity contribution >= 4 is 28.3 Å². The van der Waals surface area contributed by atoms with Crippen LogP contribution in [0.5, 0.6) is 0 Å². The van der Waals surface area contributed by atoms with Crippen LogP contribution in [0.4, 0.5) is 16.2 Å². The number of nitrogens with one attached hydrogen (secondary N) is 2. The van der Waals surface area contributed by atoms with E-state index < -0.39 is 0 Å². The van der Waals surface area contributed by atoms with E-state index in [1.165, 1.54) is 56.3 Å². The fourth-order valence-electron chi connectivity index (χ4n) is 4.65. The van der Waals surface area contributed by atoms with Crippen molar-refractivity contribution in [3.63, 3.8) is 0 Å². The van der Waals surface area contributed by atoms with Gasteiger partial charge in [-0.25, -0.2) is 4.79 Å². The number of aromatic nitrogens is 1. The van der Waals surface area contributed by atoms with Crippen molar-refractivity contribution in [3.8, 4) is 0 Å². The van der Waals surface area contributed by atoms with E-state index in [4.69, 9.17) is 0 Å². The molecule has 0 atom stereocenters. The Hall–Kier alpha value is -2.79. The van der Waals surface area contributed by atoms with Gasteiger partial charge in [-0.1, -0.05) is 31.5 Å². The van der Waals surface area contributed by atoms with Crippen molar-refractivity contribution in [2.24, 2.45) is 0 Å². The van der Waals surface area contributed by atoms with Crippen LogP contribution in [-0.4, -0.2) is 42.1 Å². The summed E-state index contributed by atoms with van der Waals surface area (Å²) in [7, 11) is 0. The molecule has 2 amide bonds. The molecule has 0 saturated carbocycles. The summed E-state index contributed by atoms with van der Waals surface area (Å²) < 4.78 is 0. The molecule has 1 fully saturated rings. The van der Waals surface area contributed by atoms with Gasteiger partial charge in [-0.15, -0.1) is 0 Å². The number of benzene rings is 2. The number of aromatic amines is 1. The van der Waals surface area contributed by atoms with E-state index in [1.54, 1.807) is 4.90 Å². The fourth-order valence-corrected chi connectivity index (χ4v) is 4.65. The number of para-hydroxylation sites is 1. The summed E-state index contributed by atoms with van der Waals surface area (Å²) in [6, 6.07) is 15.9. The van der Waals surface area contributed by atoms with Gasteiger partial charge in [-0.05, 0) is 87.6 Å². The first-order valence-corrected chi connectivity index (χ1v) is 11.7. The van der Waals surface area contributed by atoms with Gasteiger partial charge in [-0.2, -0.15) is 0 Å². The second kappa shape index (κ2) is 10.0. The standard InChI is InChI=1S/C26H34N4O/c1-3-5-15-29-16-13-20(14-17-29)24-19-27-25-12-11-21(18-23(24)25)28-26(31)30(4-2)22-9-7-6-8-10-22/h6-12,18-20,27H,3-5,13-17H2,1-2H3,(H,28,31). The van der Waals surface area contributed by atoms with Crippen LogP contribution in [0.1, 0.15) is 51.0 Å². The van der Waals surface area contributed by atoms with Gasteiger partial charge in [0.1, 0.15) is 0 Å². The van der Waals surface area contributed by atoms with Gasteiger partial charge in [0.25, 0.3) is 0 Å². The highest BCUT2D eigenvalue weighted by atomic mass is 16.2. The fraction of sp³-hybridized carbons (Fsp3) is 0.423. The summed E-state index contributed by atoms with van der Waals surface area (Å²) in [5.41, 5.74) is 4.27. The van der Waals surface area contributed by atoms with Crippen molar-refractivity contribution in [3.05, 3.63) is 60.3 Å². The van der Waals surface area contributed by atoms with Gasteiger partial charge in [0.15, 0.2) is 0 Å². The molecule has 0 aliphatic carbocycles. The Morgan fingerprint density at radius 2 is 1.90 bits per heavy atom. The van der Waals surface area contributed by atoms with Crippen LogP contribution in [0.25, 0.3) is 10.9 Å². The summed E-state index contributed by atoms with van der Waals surface area (Å²) in [6.07, 6.45) is 7.12. The van der Waals surface area contributed by atoms with Crippen LogP contribution in [0.2, 0.25) is 0 Å². The number of hydrogen-bond donors (Lipinski definition) is 2. The predicted octanol–water partition coefficient (Wildman–Crippen LogP) is 6.21. The summed E-state index contributed by atoms with van der Waals surface area (Å²) in [4.78, 5) is 20.7. The Balaban J connectivity index is 1.48. The summed E-state index contributed by atoms with van der Waals surface area (Å²) in [6.45, 7) is 8.45. The highest BCUT2D eigenvalue weighted by molar-refractivity contribution is 6.03. The number of urea groups is 1. The Labute approximate surface area is 185 Å². The summed E-state index contributed by atoms with van der Waals surface area (Å²) in [5, 5.41) is 4.33. The number of anilines is 2. The molecular formula is C26H34N4O. The lowest BCUT2D eigenvalue weighted by atomic mass is 9.89. The second-order valence-electron chi connectivity index (χ2n) is 8.48. The van der Waals surface area contributed by atoms with Crippen molar-refractivity contribution in [1.82, 2.24) is 9.88 Å². The molecule has 1 saturated heterocycles. The number of carbonyl (C=O) groups is 1. The molecule has 0 spiro atoms. The molecule has 5 nitrogen and oxygen atoms in total. The molecule has 1 aromatic heterocycles. The summed E-state index contributed by atoms with van der Waals surface area (Å²) in [5.74, 6) is 0.578. The van der Waals surface area contributed by atoms with E-state index in [-0.39, 0.29) is 6.03 Å². The maximum absolute atomic E-state index is 12.9. The van der Waals surface area contributed by atoms with Gasteiger partial charge in [0, 0.05) is 35.0 Å². The lowest BCUT2D eigenvalue weighted by Crippen LogP contribution is -2.34. The highest BCUT2D eigenvalue weighted by Crippen LogP contribution is 2.34. The number of amides is 2. The SMILES string of the molecule is CCCCN1CCC(c2c[nH]c3ccc(NC(=O)N(CC)c4ccccc4)cc23)CC1. The van der Waals surface area contributed by atoms with Crippen molar-refractivity contribution in [2.75, 3.05) is 36.4 Å². The Bertz CT molecular complexity index is 989. The normalized spacial score (nSPS) is 15.3. The van der Waals surface area contributed by atoms with Crippen LogP contribution >= 0.6 is 0 Å². The molecular weight excluding hydrogens is 384 g/mol. The molecule has 3 aromatic rings. The Morgan fingerprint density at radius 1 is 1.13 bits per heavy atom. The molecule has 2 N–H and O–H groups in total. The maximum Gasteiger partial charge on any atom is 0.326 e. The maximum atomic E-state index is 12.9. The van der Waals surface area contributed by atoms with E-state index in [9.17, 15) is 4.79 Å². The number of piperidine rings is 1.